The zero-order valence-corrected chi connectivity index (χ0v) is 10.6. The van der Waals surface area contributed by atoms with E-state index < -0.39 is 5.97 Å². The van der Waals surface area contributed by atoms with Gasteiger partial charge in [-0.15, -0.1) is 0 Å². The van der Waals surface area contributed by atoms with Crippen LogP contribution in [-0.4, -0.2) is 18.2 Å². The molecule has 1 aromatic carbocycles. The molecule has 0 saturated heterocycles. The maximum absolute atomic E-state index is 10.8. The smallest absolute Gasteiger partial charge is 0.303 e. The quantitative estimate of drug-likeness (QED) is 0.824. The van der Waals surface area contributed by atoms with E-state index in [9.17, 15) is 4.79 Å². The summed E-state index contributed by atoms with van der Waals surface area (Å²) in [6.07, 6.45) is 1.14. The van der Waals surface area contributed by atoms with E-state index in [0.717, 1.165) is 17.7 Å². The standard InChI is InChI=1S/C14H20O3/c1-4-13(10(2)8-14(15)16)11-6-5-7-12(9-11)17-3/h5-7,9-10,13H,4,8H2,1-3H3,(H,15,16)/t10-,13+/m0/s1. The van der Waals surface area contributed by atoms with Crippen LogP contribution in [0, 0.1) is 5.92 Å². The predicted molar refractivity (Wildman–Crippen MR) is 67.4 cm³/mol. The second kappa shape index (κ2) is 6.28. The van der Waals surface area contributed by atoms with E-state index in [1.54, 1.807) is 7.11 Å². The first-order valence-electron chi connectivity index (χ1n) is 5.94. The lowest BCUT2D eigenvalue weighted by molar-refractivity contribution is -0.138. The molecule has 0 fully saturated rings. The summed E-state index contributed by atoms with van der Waals surface area (Å²) < 4.78 is 5.19. The summed E-state index contributed by atoms with van der Waals surface area (Å²) in [5.41, 5.74) is 1.15. The van der Waals surface area contributed by atoms with Crippen LogP contribution in [0.3, 0.4) is 0 Å². The third-order valence-electron chi connectivity index (χ3n) is 3.15. The van der Waals surface area contributed by atoms with Crippen LogP contribution in [0.2, 0.25) is 0 Å². The normalized spacial score (nSPS) is 14.1. The minimum atomic E-state index is -0.737. The monoisotopic (exact) mass is 236 g/mol. The molecule has 3 heteroatoms. The van der Waals surface area contributed by atoms with E-state index in [2.05, 4.69) is 6.92 Å². The highest BCUT2D eigenvalue weighted by molar-refractivity contribution is 5.67. The van der Waals surface area contributed by atoms with E-state index in [4.69, 9.17) is 9.84 Å². The summed E-state index contributed by atoms with van der Waals surface area (Å²) in [5.74, 6) is 0.480. The first-order valence-corrected chi connectivity index (χ1v) is 5.94. The molecule has 0 saturated carbocycles. The van der Waals surface area contributed by atoms with Gasteiger partial charge in [0.1, 0.15) is 5.75 Å². The van der Waals surface area contributed by atoms with E-state index in [1.165, 1.54) is 0 Å². The molecule has 1 N–H and O–H groups in total. The fourth-order valence-electron chi connectivity index (χ4n) is 2.26. The lowest BCUT2D eigenvalue weighted by Gasteiger charge is -2.22. The van der Waals surface area contributed by atoms with Gasteiger partial charge in [0, 0.05) is 6.42 Å². The van der Waals surface area contributed by atoms with Crippen LogP contribution in [0.15, 0.2) is 24.3 Å². The van der Waals surface area contributed by atoms with Crippen LogP contribution in [0.1, 0.15) is 38.2 Å². The van der Waals surface area contributed by atoms with E-state index in [0.29, 0.717) is 0 Å². The van der Waals surface area contributed by atoms with Crippen LogP contribution in [0.5, 0.6) is 5.75 Å². The van der Waals surface area contributed by atoms with Crippen molar-refractivity contribution in [2.45, 2.75) is 32.6 Å². The van der Waals surface area contributed by atoms with Crippen LogP contribution < -0.4 is 4.74 Å². The molecule has 0 unspecified atom stereocenters. The first-order chi connectivity index (χ1) is 8.08. The number of carbonyl (C=O) groups is 1. The maximum Gasteiger partial charge on any atom is 0.303 e. The molecular weight excluding hydrogens is 216 g/mol. The van der Waals surface area contributed by atoms with Crippen molar-refractivity contribution in [3.63, 3.8) is 0 Å². The fraction of sp³-hybridized carbons (Fsp3) is 0.500. The van der Waals surface area contributed by atoms with Crippen molar-refractivity contribution < 1.29 is 14.6 Å². The number of carboxylic acid groups (broad SMARTS) is 1. The molecule has 94 valence electrons. The predicted octanol–water partition coefficient (Wildman–Crippen LogP) is 3.30. The number of ether oxygens (including phenoxy) is 1. The van der Waals surface area contributed by atoms with Crippen molar-refractivity contribution in [2.24, 2.45) is 5.92 Å². The van der Waals surface area contributed by atoms with Crippen molar-refractivity contribution in [1.29, 1.82) is 0 Å². The average molecular weight is 236 g/mol. The topological polar surface area (TPSA) is 46.5 Å². The number of hydrogen-bond acceptors (Lipinski definition) is 2. The lowest BCUT2D eigenvalue weighted by Crippen LogP contribution is -2.13. The summed E-state index contributed by atoms with van der Waals surface area (Å²) in [4.78, 5) is 10.8. The summed E-state index contributed by atoms with van der Waals surface area (Å²) in [6.45, 7) is 4.07. The Morgan fingerprint density at radius 1 is 1.47 bits per heavy atom. The summed E-state index contributed by atoms with van der Waals surface area (Å²) in [7, 11) is 1.64. The van der Waals surface area contributed by atoms with Crippen LogP contribution in [-0.2, 0) is 4.79 Å². The molecule has 0 aliphatic heterocycles. The number of methoxy groups -OCH3 is 1. The van der Waals surface area contributed by atoms with Crippen molar-refractivity contribution in [3.05, 3.63) is 29.8 Å². The van der Waals surface area contributed by atoms with E-state index >= 15 is 0 Å². The van der Waals surface area contributed by atoms with Gasteiger partial charge in [0.25, 0.3) is 0 Å². The van der Waals surface area contributed by atoms with Gasteiger partial charge in [-0.25, -0.2) is 0 Å². The van der Waals surface area contributed by atoms with Crippen LogP contribution in [0.4, 0.5) is 0 Å². The van der Waals surface area contributed by atoms with Gasteiger partial charge in [0.05, 0.1) is 7.11 Å². The highest BCUT2D eigenvalue weighted by atomic mass is 16.5. The number of rotatable bonds is 6. The molecule has 0 radical (unpaired) electrons. The molecule has 0 spiro atoms. The first kappa shape index (κ1) is 13.6. The second-order valence-corrected chi connectivity index (χ2v) is 4.37. The van der Waals surface area contributed by atoms with Crippen molar-refractivity contribution >= 4 is 5.97 Å². The summed E-state index contributed by atoms with van der Waals surface area (Å²) in [6, 6.07) is 7.88. The molecule has 1 aromatic rings. The molecule has 1 rings (SSSR count). The van der Waals surface area contributed by atoms with Crippen molar-refractivity contribution in [1.82, 2.24) is 0 Å². The zero-order valence-electron chi connectivity index (χ0n) is 10.6. The Kier molecular flexibility index (Phi) is 5.01. The van der Waals surface area contributed by atoms with Gasteiger partial charge in [-0.2, -0.15) is 0 Å². The second-order valence-electron chi connectivity index (χ2n) is 4.37. The Bertz CT molecular complexity index is 373. The summed E-state index contributed by atoms with van der Waals surface area (Å²) >= 11 is 0. The van der Waals surface area contributed by atoms with Gasteiger partial charge in [-0.1, -0.05) is 26.0 Å². The molecule has 0 heterocycles. The fourth-order valence-corrected chi connectivity index (χ4v) is 2.26. The van der Waals surface area contributed by atoms with Crippen LogP contribution in [0.25, 0.3) is 0 Å². The number of carboxylic acids is 1. The minimum absolute atomic E-state index is 0.129. The van der Waals surface area contributed by atoms with Gasteiger partial charge in [-0.3, -0.25) is 4.79 Å². The highest BCUT2D eigenvalue weighted by Gasteiger charge is 2.20. The Morgan fingerprint density at radius 2 is 2.18 bits per heavy atom. The molecule has 2 atom stereocenters. The molecular formula is C14H20O3. The Morgan fingerprint density at radius 3 is 2.71 bits per heavy atom. The Balaban J connectivity index is 2.88. The summed E-state index contributed by atoms with van der Waals surface area (Å²) in [5, 5.41) is 8.85. The molecule has 0 aromatic heterocycles. The van der Waals surface area contributed by atoms with Gasteiger partial charge in [0.2, 0.25) is 0 Å². The van der Waals surface area contributed by atoms with E-state index in [1.807, 2.05) is 31.2 Å². The maximum atomic E-state index is 10.8. The van der Waals surface area contributed by atoms with Gasteiger partial charge < -0.3 is 9.84 Å². The zero-order chi connectivity index (χ0) is 12.8. The van der Waals surface area contributed by atoms with Gasteiger partial charge >= 0.3 is 5.97 Å². The molecule has 0 aliphatic carbocycles. The number of benzene rings is 1. The largest absolute Gasteiger partial charge is 0.497 e. The number of aliphatic carboxylic acids is 1. The highest BCUT2D eigenvalue weighted by Crippen LogP contribution is 2.31. The van der Waals surface area contributed by atoms with Crippen molar-refractivity contribution in [2.75, 3.05) is 7.11 Å². The van der Waals surface area contributed by atoms with Crippen molar-refractivity contribution in [3.8, 4) is 5.75 Å². The Labute approximate surface area is 102 Å². The average Bonchev–Trinajstić information content (AvgIpc) is 2.29. The van der Waals surface area contributed by atoms with Gasteiger partial charge in [0.15, 0.2) is 0 Å². The molecule has 0 aliphatic rings. The SMILES string of the molecule is CC[C@@H](c1cccc(OC)c1)[C@@H](C)CC(=O)O. The molecule has 0 bridgehead atoms. The van der Waals surface area contributed by atoms with E-state index in [-0.39, 0.29) is 18.3 Å². The third kappa shape index (κ3) is 3.77. The minimum Gasteiger partial charge on any atom is -0.497 e. The Hall–Kier alpha value is -1.51. The van der Waals surface area contributed by atoms with Crippen LogP contribution >= 0.6 is 0 Å². The van der Waals surface area contributed by atoms with Gasteiger partial charge in [-0.05, 0) is 36.0 Å². The lowest BCUT2D eigenvalue weighted by atomic mass is 9.83. The molecule has 0 amide bonds. The third-order valence-corrected chi connectivity index (χ3v) is 3.15. The molecule has 3 nitrogen and oxygen atoms in total. The number of hydrogen-bond donors (Lipinski definition) is 1. The molecule has 17 heavy (non-hydrogen) atoms.